The number of carbonyl (C=O) groups excluding carboxylic acids is 2. The van der Waals surface area contributed by atoms with Crippen LogP contribution in [0.3, 0.4) is 0 Å². The number of rotatable bonds is 6. The Labute approximate surface area is 165 Å². The van der Waals surface area contributed by atoms with Crippen LogP contribution in [0, 0.1) is 5.82 Å². The number of urea groups is 1. The molecular weight excluding hydrogens is 359 g/mol. The maximum absolute atomic E-state index is 13.1. The van der Waals surface area contributed by atoms with Crippen LogP contribution in [0.15, 0.2) is 24.3 Å². The molecule has 0 spiro atoms. The molecule has 0 aliphatic carbocycles. The zero-order valence-corrected chi connectivity index (χ0v) is 16.4. The van der Waals surface area contributed by atoms with E-state index in [0.29, 0.717) is 6.54 Å². The van der Waals surface area contributed by atoms with Crippen molar-refractivity contribution in [1.29, 1.82) is 0 Å². The second-order valence-corrected chi connectivity index (χ2v) is 7.99. The van der Waals surface area contributed by atoms with Gasteiger partial charge in [0.25, 0.3) is 5.91 Å². The van der Waals surface area contributed by atoms with E-state index < -0.39 is 0 Å². The monoisotopic (exact) mass is 388 g/mol. The second-order valence-electron chi connectivity index (χ2n) is 7.99. The molecule has 1 aromatic rings. The summed E-state index contributed by atoms with van der Waals surface area (Å²) in [6.45, 7) is 6.09. The first-order valence-corrected chi connectivity index (χ1v) is 10.5. The molecule has 3 fully saturated rings. The smallest absolute Gasteiger partial charge is 0.327 e. The molecule has 0 unspecified atom stereocenters. The van der Waals surface area contributed by atoms with Crippen molar-refractivity contribution in [2.45, 2.75) is 38.1 Å². The van der Waals surface area contributed by atoms with E-state index in [9.17, 15) is 14.0 Å². The number of anilines is 1. The van der Waals surface area contributed by atoms with Crippen LogP contribution in [0.2, 0.25) is 0 Å². The van der Waals surface area contributed by atoms with Gasteiger partial charge < -0.3 is 9.80 Å². The fraction of sp³-hybridized carbons (Fsp3) is 0.619. The molecule has 3 saturated heterocycles. The van der Waals surface area contributed by atoms with Crippen molar-refractivity contribution < 1.29 is 14.0 Å². The Hall–Kier alpha value is -2.15. The van der Waals surface area contributed by atoms with Gasteiger partial charge in [-0.2, -0.15) is 0 Å². The van der Waals surface area contributed by atoms with Crippen molar-refractivity contribution in [2.75, 3.05) is 50.7 Å². The van der Waals surface area contributed by atoms with Crippen LogP contribution in [0.5, 0.6) is 0 Å². The second kappa shape index (κ2) is 8.47. The van der Waals surface area contributed by atoms with E-state index in [-0.39, 0.29) is 23.8 Å². The van der Waals surface area contributed by atoms with E-state index in [0.717, 1.165) is 77.1 Å². The summed E-state index contributed by atoms with van der Waals surface area (Å²) in [7, 11) is 0. The summed E-state index contributed by atoms with van der Waals surface area (Å²) in [6.07, 6.45) is 4.71. The Balaban J connectivity index is 1.17. The van der Waals surface area contributed by atoms with Gasteiger partial charge in [0, 0.05) is 45.0 Å². The number of nitrogens with zero attached hydrogens (tertiary/aromatic N) is 4. The topological polar surface area (TPSA) is 47.1 Å². The average molecular weight is 388 g/mol. The summed E-state index contributed by atoms with van der Waals surface area (Å²) >= 11 is 0. The lowest BCUT2D eigenvalue weighted by atomic mass is 10.0. The standard InChI is InChI=1S/C21H29FN4O2/c22-17-6-8-18(9-7-17)24-15-13-23(14-16-24)10-3-4-12-26-20(27)19-5-1-2-11-25(19)21(26)28/h6-9,19H,1-5,10-16H2/t19-/m0/s1. The van der Waals surface area contributed by atoms with E-state index in [1.807, 2.05) is 12.1 Å². The number of fused-ring (bicyclic) bond motifs is 1. The van der Waals surface area contributed by atoms with Gasteiger partial charge >= 0.3 is 6.03 Å². The third-order valence-electron chi connectivity index (χ3n) is 6.20. The number of imide groups is 1. The summed E-state index contributed by atoms with van der Waals surface area (Å²) in [6, 6.07) is 6.42. The van der Waals surface area contributed by atoms with Crippen molar-refractivity contribution in [3.63, 3.8) is 0 Å². The number of hydrogen-bond acceptors (Lipinski definition) is 4. The summed E-state index contributed by atoms with van der Waals surface area (Å²) in [4.78, 5) is 32.8. The maximum atomic E-state index is 13.1. The SMILES string of the molecule is O=C1[C@@H]2CCCCN2C(=O)N1CCCCN1CCN(c2ccc(F)cc2)CC1. The van der Waals surface area contributed by atoms with E-state index >= 15 is 0 Å². The first-order valence-electron chi connectivity index (χ1n) is 10.5. The van der Waals surface area contributed by atoms with Crippen molar-refractivity contribution in [1.82, 2.24) is 14.7 Å². The fourth-order valence-electron chi connectivity index (χ4n) is 4.54. The molecule has 1 atom stereocenters. The van der Waals surface area contributed by atoms with E-state index in [2.05, 4.69) is 9.80 Å². The number of halogens is 1. The summed E-state index contributed by atoms with van der Waals surface area (Å²) in [5.41, 5.74) is 1.07. The maximum Gasteiger partial charge on any atom is 0.327 e. The van der Waals surface area contributed by atoms with Crippen LogP contribution >= 0.6 is 0 Å². The first kappa shape index (κ1) is 19.2. The van der Waals surface area contributed by atoms with Gasteiger partial charge in [-0.1, -0.05) is 0 Å². The van der Waals surface area contributed by atoms with Gasteiger partial charge in [0.2, 0.25) is 0 Å². The molecule has 7 heteroatoms. The predicted molar refractivity (Wildman–Crippen MR) is 106 cm³/mol. The Morgan fingerprint density at radius 3 is 2.32 bits per heavy atom. The van der Waals surface area contributed by atoms with Gasteiger partial charge in [0.1, 0.15) is 11.9 Å². The zero-order chi connectivity index (χ0) is 19.5. The van der Waals surface area contributed by atoms with Crippen molar-refractivity contribution >= 4 is 17.6 Å². The molecule has 0 N–H and O–H groups in total. The highest BCUT2D eigenvalue weighted by atomic mass is 19.1. The number of hydrogen-bond donors (Lipinski definition) is 0. The molecule has 3 aliphatic heterocycles. The molecule has 0 radical (unpaired) electrons. The van der Waals surface area contributed by atoms with Gasteiger partial charge in [0.05, 0.1) is 0 Å². The van der Waals surface area contributed by atoms with E-state index in [4.69, 9.17) is 0 Å². The highest BCUT2D eigenvalue weighted by molar-refractivity contribution is 6.04. The van der Waals surface area contributed by atoms with Crippen LogP contribution in [0.1, 0.15) is 32.1 Å². The van der Waals surface area contributed by atoms with Gasteiger partial charge in [-0.05, 0) is 62.9 Å². The van der Waals surface area contributed by atoms with Gasteiger partial charge in [-0.25, -0.2) is 9.18 Å². The number of carbonyl (C=O) groups is 2. The highest BCUT2D eigenvalue weighted by Crippen LogP contribution is 2.26. The minimum atomic E-state index is -0.201. The molecule has 152 valence electrons. The lowest BCUT2D eigenvalue weighted by Crippen LogP contribution is -2.46. The number of benzene rings is 1. The van der Waals surface area contributed by atoms with Crippen LogP contribution in [0.25, 0.3) is 0 Å². The summed E-state index contributed by atoms with van der Waals surface area (Å²) in [5.74, 6) is -0.189. The molecule has 1 aromatic carbocycles. The molecule has 3 heterocycles. The minimum Gasteiger partial charge on any atom is -0.369 e. The third kappa shape index (κ3) is 3.99. The minimum absolute atomic E-state index is 0.0117. The van der Waals surface area contributed by atoms with E-state index in [1.54, 1.807) is 4.90 Å². The zero-order valence-electron chi connectivity index (χ0n) is 16.4. The lowest BCUT2D eigenvalue weighted by Gasteiger charge is -2.36. The van der Waals surface area contributed by atoms with Gasteiger partial charge in [-0.3, -0.25) is 14.6 Å². The fourth-order valence-corrected chi connectivity index (χ4v) is 4.54. The third-order valence-corrected chi connectivity index (χ3v) is 6.20. The number of piperidine rings is 1. The average Bonchev–Trinajstić information content (AvgIpc) is 2.97. The van der Waals surface area contributed by atoms with Crippen LogP contribution in [0.4, 0.5) is 14.9 Å². The van der Waals surface area contributed by atoms with E-state index in [1.165, 1.54) is 17.0 Å². The van der Waals surface area contributed by atoms with Crippen LogP contribution in [-0.2, 0) is 4.79 Å². The number of amides is 3. The normalized spacial score (nSPS) is 23.5. The highest BCUT2D eigenvalue weighted by Gasteiger charge is 2.45. The van der Waals surface area contributed by atoms with Crippen molar-refractivity contribution in [3.8, 4) is 0 Å². The Morgan fingerprint density at radius 2 is 1.61 bits per heavy atom. The predicted octanol–water partition coefficient (Wildman–Crippen LogP) is 2.54. The molecule has 6 nitrogen and oxygen atoms in total. The Kier molecular flexibility index (Phi) is 5.80. The number of unbranched alkanes of at least 4 members (excludes halogenated alkanes) is 1. The molecule has 0 bridgehead atoms. The van der Waals surface area contributed by atoms with Crippen LogP contribution in [-0.4, -0.2) is 78.5 Å². The molecule has 28 heavy (non-hydrogen) atoms. The summed E-state index contributed by atoms with van der Waals surface area (Å²) < 4.78 is 13.1. The molecule has 4 rings (SSSR count). The lowest BCUT2D eigenvalue weighted by molar-refractivity contribution is -0.128. The van der Waals surface area contributed by atoms with Crippen molar-refractivity contribution in [3.05, 3.63) is 30.1 Å². The molecule has 0 aromatic heterocycles. The number of piperazine rings is 1. The quantitative estimate of drug-likeness (QED) is 0.555. The Bertz CT molecular complexity index is 679. The van der Waals surface area contributed by atoms with Crippen LogP contribution < -0.4 is 4.90 Å². The summed E-state index contributed by atoms with van der Waals surface area (Å²) in [5, 5.41) is 0. The Morgan fingerprint density at radius 1 is 0.893 bits per heavy atom. The molecular formula is C21H29FN4O2. The largest absolute Gasteiger partial charge is 0.369 e. The van der Waals surface area contributed by atoms with Gasteiger partial charge in [0.15, 0.2) is 0 Å². The first-order chi connectivity index (χ1) is 13.6. The molecule has 3 amide bonds. The van der Waals surface area contributed by atoms with Crippen molar-refractivity contribution in [2.24, 2.45) is 0 Å². The molecule has 3 aliphatic rings. The molecule has 0 saturated carbocycles. The van der Waals surface area contributed by atoms with Gasteiger partial charge in [-0.15, -0.1) is 0 Å².